The van der Waals surface area contributed by atoms with Crippen LogP contribution < -0.4 is 10.6 Å². The minimum Gasteiger partial charge on any atom is -0.381 e. The highest BCUT2D eigenvalue weighted by molar-refractivity contribution is 14.0. The van der Waals surface area contributed by atoms with Crippen molar-refractivity contribution < 1.29 is 9.53 Å². The van der Waals surface area contributed by atoms with E-state index in [4.69, 9.17) is 4.74 Å². The number of ether oxygens (including phenoxy) is 1. The number of guanidine groups is 1. The van der Waals surface area contributed by atoms with Gasteiger partial charge < -0.3 is 20.3 Å². The summed E-state index contributed by atoms with van der Waals surface area (Å²) in [5.41, 5.74) is 0.655. The quantitative estimate of drug-likeness (QED) is 0.219. The Morgan fingerprint density at radius 3 is 2.57 bits per heavy atom. The molecule has 1 aliphatic heterocycles. The lowest BCUT2D eigenvalue weighted by molar-refractivity contribution is 0.0625. The first-order valence-corrected chi connectivity index (χ1v) is 10.5. The van der Waals surface area contributed by atoms with Gasteiger partial charge in [0.1, 0.15) is 0 Å². The molecule has 0 bridgehead atoms. The van der Waals surface area contributed by atoms with Gasteiger partial charge in [-0.2, -0.15) is 0 Å². The third-order valence-electron chi connectivity index (χ3n) is 4.68. The maximum atomic E-state index is 12.1. The Bertz CT molecular complexity index is 607. The summed E-state index contributed by atoms with van der Waals surface area (Å²) in [5, 5.41) is 6.25. The number of nitrogens with zero attached hydrogens (tertiary/aromatic N) is 2. The van der Waals surface area contributed by atoms with Crippen molar-refractivity contribution in [1.82, 2.24) is 15.5 Å². The van der Waals surface area contributed by atoms with Crippen LogP contribution in [0.3, 0.4) is 0 Å². The zero-order valence-electron chi connectivity index (χ0n) is 16.7. The predicted octanol–water partition coefficient (Wildman–Crippen LogP) is 3.51. The molecule has 8 heteroatoms. The molecule has 1 fully saturated rings. The smallest absolute Gasteiger partial charge is 0.251 e. The predicted molar refractivity (Wildman–Crippen MR) is 129 cm³/mol. The van der Waals surface area contributed by atoms with E-state index in [-0.39, 0.29) is 29.9 Å². The molecule has 2 N–H and O–H groups in total. The van der Waals surface area contributed by atoms with Crippen LogP contribution in [0.15, 0.2) is 33.7 Å². The van der Waals surface area contributed by atoms with E-state index in [9.17, 15) is 4.79 Å². The number of benzene rings is 1. The molecule has 1 heterocycles. The monoisotopic (exact) mass is 566 g/mol. The molecule has 0 atom stereocenters. The molecule has 0 aromatic heterocycles. The van der Waals surface area contributed by atoms with Crippen molar-refractivity contribution in [2.75, 3.05) is 46.4 Å². The first-order chi connectivity index (χ1) is 13.1. The number of carbonyl (C=O) groups excluding carboxylic acids is 1. The second kappa shape index (κ2) is 14.2. The van der Waals surface area contributed by atoms with Gasteiger partial charge in [-0.25, -0.2) is 0 Å². The molecular formula is C20H32BrIN4O2. The Morgan fingerprint density at radius 1 is 1.25 bits per heavy atom. The standard InChI is InChI=1S/C20H31BrN4O2.HI/c1-3-22-20(25(2)13-8-16-9-14-27-15-10-16)24-12-11-23-19(26)17-4-6-18(21)7-5-17;/h4-7,16H,3,8-15H2,1-2H3,(H,22,24)(H,23,26);1H. The molecule has 0 radical (unpaired) electrons. The summed E-state index contributed by atoms with van der Waals surface area (Å²) in [7, 11) is 2.07. The van der Waals surface area contributed by atoms with Gasteiger partial charge in [-0.3, -0.25) is 9.79 Å². The third-order valence-corrected chi connectivity index (χ3v) is 5.20. The van der Waals surface area contributed by atoms with Gasteiger partial charge in [0, 0.05) is 49.9 Å². The maximum absolute atomic E-state index is 12.1. The lowest BCUT2D eigenvalue weighted by atomic mass is 9.96. The fourth-order valence-corrected chi connectivity index (χ4v) is 3.29. The van der Waals surface area contributed by atoms with Crippen LogP contribution in [0.4, 0.5) is 0 Å². The van der Waals surface area contributed by atoms with Crippen molar-refractivity contribution >= 4 is 51.8 Å². The average molecular weight is 567 g/mol. The topological polar surface area (TPSA) is 66.0 Å². The molecule has 0 spiro atoms. The summed E-state index contributed by atoms with van der Waals surface area (Å²) in [6.45, 7) is 6.70. The van der Waals surface area contributed by atoms with Crippen LogP contribution in [-0.2, 0) is 4.74 Å². The highest BCUT2D eigenvalue weighted by Crippen LogP contribution is 2.18. The molecule has 1 aliphatic rings. The van der Waals surface area contributed by atoms with Gasteiger partial charge >= 0.3 is 0 Å². The van der Waals surface area contributed by atoms with Crippen LogP contribution in [0.1, 0.15) is 36.5 Å². The molecule has 1 aromatic carbocycles. The second-order valence-electron chi connectivity index (χ2n) is 6.76. The molecule has 1 saturated heterocycles. The fourth-order valence-electron chi connectivity index (χ4n) is 3.02. The van der Waals surface area contributed by atoms with Crippen molar-refractivity contribution in [1.29, 1.82) is 0 Å². The highest BCUT2D eigenvalue weighted by Gasteiger charge is 2.15. The summed E-state index contributed by atoms with van der Waals surface area (Å²) in [6.07, 6.45) is 3.47. The number of halogens is 2. The lowest BCUT2D eigenvalue weighted by Gasteiger charge is -2.26. The van der Waals surface area contributed by atoms with E-state index in [1.807, 2.05) is 12.1 Å². The summed E-state index contributed by atoms with van der Waals surface area (Å²) in [4.78, 5) is 18.9. The Hall–Kier alpha value is -0.870. The van der Waals surface area contributed by atoms with Crippen molar-refractivity contribution in [3.8, 4) is 0 Å². The maximum Gasteiger partial charge on any atom is 0.251 e. The molecule has 28 heavy (non-hydrogen) atoms. The SMILES string of the molecule is CCNC(=NCCNC(=O)c1ccc(Br)cc1)N(C)CCC1CCOCC1.I. The Balaban J connectivity index is 0.00000392. The van der Waals surface area contributed by atoms with E-state index in [0.717, 1.165) is 61.9 Å². The van der Waals surface area contributed by atoms with Gasteiger partial charge in [0.2, 0.25) is 0 Å². The fraction of sp³-hybridized carbons (Fsp3) is 0.600. The first kappa shape index (κ1) is 25.2. The van der Waals surface area contributed by atoms with E-state index < -0.39 is 0 Å². The van der Waals surface area contributed by atoms with E-state index in [2.05, 4.69) is 50.4 Å². The van der Waals surface area contributed by atoms with E-state index in [1.165, 1.54) is 0 Å². The summed E-state index contributed by atoms with van der Waals surface area (Å²) in [6, 6.07) is 7.33. The highest BCUT2D eigenvalue weighted by atomic mass is 127. The molecule has 0 unspecified atom stereocenters. The molecule has 2 rings (SSSR count). The summed E-state index contributed by atoms with van der Waals surface area (Å²) in [5.74, 6) is 1.56. The second-order valence-corrected chi connectivity index (χ2v) is 7.68. The van der Waals surface area contributed by atoms with Crippen LogP contribution in [0.5, 0.6) is 0 Å². The van der Waals surface area contributed by atoms with Crippen LogP contribution >= 0.6 is 39.9 Å². The van der Waals surface area contributed by atoms with Gasteiger partial charge in [0.05, 0.1) is 6.54 Å². The number of nitrogens with one attached hydrogen (secondary N) is 2. The number of rotatable bonds is 8. The Labute approximate surface area is 194 Å². The normalized spacial score (nSPS) is 14.9. The van der Waals surface area contributed by atoms with Crippen molar-refractivity contribution in [3.63, 3.8) is 0 Å². The molecule has 0 aliphatic carbocycles. The van der Waals surface area contributed by atoms with Crippen LogP contribution in [0.2, 0.25) is 0 Å². The molecular weight excluding hydrogens is 535 g/mol. The first-order valence-electron chi connectivity index (χ1n) is 9.71. The van der Waals surface area contributed by atoms with Crippen LogP contribution in [0, 0.1) is 5.92 Å². The number of aliphatic imine (C=N–C) groups is 1. The number of hydrogen-bond acceptors (Lipinski definition) is 3. The van der Waals surface area contributed by atoms with E-state index in [0.29, 0.717) is 18.7 Å². The minimum atomic E-state index is -0.0735. The average Bonchev–Trinajstić information content (AvgIpc) is 2.69. The van der Waals surface area contributed by atoms with Gasteiger partial charge in [-0.05, 0) is 56.4 Å². The van der Waals surface area contributed by atoms with Crippen molar-refractivity contribution in [3.05, 3.63) is 34.3 Å². The molecule has 1 amide bonds. The van der Waals surface area contributed by atoms with E-state index >= 15 is 0 Å². The Kier molecular flexibility index (Phi) is 12.7. The zero-order valence-corrected chi connectivity index (χ0v) is 20.7. The third kappa shape index (κ3) is 9.09. The van der Waals surface area contributed by atoms with Crippen LogP contribution in [-0.4, -0.2) is 63.2 Å². The van der Waals surface area contributed by atoms with E-state index in [1.54, 1.807) is 12.1 Å². The molecule has 0 saturated carbocycles. The van der Waals surface area contributed by atoms with Crippen molar-refractivity contribution in [2.24, 2.45) is 10.9 Å². The zero-order chi connectivity index (χ0) is 19.5. The van der Waals surface area contributed by atoms with Crippen LogP contribution in [0.25, 0.3) is 0 Å². The Morgan fingerprint density at radius 2 is 1.93 bits per heavy atom. The summed E-state index contributed by atoms with van der Waals surface area (Å²) < 4.78 is 6.39. The summed E-state index contributed by atoms with van der Waals surface area (Å²) >= 11 is 3.37. The largest absolute Gasteiger partial charge is 0.381 e. The molecule has 6 nitrogen and oxygen atoms in total. The van der Waals surface area contributed by atoms with Gasteiger partial charge in [-0.15, -0.1) is 24.0 Å². The number of carbonyl (C=O) groups is 1. The van der Waals surface area contributed by atoms with Crippen molar-refractivity contribution in [2.45, 2.75) is 26.2 Å². The number of amides is 1. The minimum absolute atomic E-state index is 0. The molecule has 1 aromatic rings. The number of hydrogen-bond donors (Lipinski definition) is 2. The molecule has 158 valence electrons. The lowest BCUT2D eigenvalue weighted by Crippen LogP contribution is -2.40. The van der Waals surface area contributed by atoms with Gasteiger partial charge in [0.15, 0.2) is 5.96 Å². The van der Waals surface area contributed by atoms with Gasteiger partial charge in [0.25, 0.3) is 5.91 Å². The van der Waals surface area contributed by atoms with Gasteiger partial charge in [-0.1, -0.05) is 15.9 Å².